The van der Waals surface area contributed by atoms with Crippen molar-refractivity contribution >= 4 is 0 Å². The van der Waals surface area contributed by atoms with E-state index in [2.05, 4.69) is 19.2 Å². The van der Waals surface area contributed by atoms with E-state index in [1.807, 2.05) is 6.92 Å². The summed E-state index contributed by atoms with van der Waals surface area (Å²) in [5.74, 6) is 0. The van der Waals surface area contributed by atoms with E-state index < -0.39 is 0 Å². The number of hydrogen-bond donors (Lipinski definition) is 1. The van der Waals surface area contributed by atoms with Gasteiger partial charge in [0.2, 0.25) is 0 Å². The number of nitrogens with two attached hydrogens (primary N) is 1. The highest BCUT2D eigenvalue weighted by molar-refractivity contribution is 4.28. The molecule has 0 heterocycles. The smallest absolute Gasteiger partial charge is 0.0755 e. The molecule has 2 nitrogen and oxygen atoms in total. The van der Waals surface area contributed by atoms with Crippen LogP contribution in [0.2, 0.25) is 0 Å². The molecule has 0 aliphatic heterocycles. The van der Waals surface area contributed by atoms with Crippen molar-refractivity contribution in [2.45, 2.75) is 59.3 Å². The van der Waals surface area contributed by atoms with E-state index in [0.717, 1.165) is 12.8 Å². The van der Waals surface area contributed by atoms with E-state index in [1.165, 1.54) is 38.8 Å². The fourth-order valence-corrected chi connectivity index (χ4v) is 0.986. The van der Waals surface area contributed by atoms with Gasteiger partial charge >= 0.3 is 0 Å². The van der Waals surface area contributed by atoms with Crippen LogP contribution in [0.25, 0.3) is 0 Å². The summed E-state index contributed by atoms with van der Waals surface area (Å²) in [6.07, 6.45) is 7.29. The van der Waals surface area contributed by atoms with Gasteiger partial charge in [0, 0.05) is 0 Å². The standard InChI is InChI=1S/C8H19N.C4H9O/c1-3-5-7-9-8-6-4-2;1-2-3-4-5/h9H,3-8H2,1-2H3;2-4H2,1H3/q;-1/p+1. The first kappa shape index (κ1) is 16.4. The Bertz CT molecular complexity index is 68.7. The lowest BCUT2D eigenvalue weighted by molar-refractivity contribution is -0.655. The normalized spacial score (nSPS) is 9.43. The van der Waals surface area contributed by atoms with Gasteiger partial charge in [-0.05, 0) is 12.8 Å². The SMILES string of the molecule is CCCC[NH2+]CCCC.CCCC[O-]. The van der Waals surface area contributed by atoms with E-state index in [1.54, 1.807) is 0 Å². The molecule has 2 heteroatoms. The predicted octanol–water partition coefficient (Wildman–Crippen LogP) is 1.30. The quantitative estimate of drug-likeness (QED) is 0.593. The summed E-state index contributed by atoms with van der Waals surface area (Å²) in [7, 11) is 0. The second kappa shape index (κ2) is 18.7. The second-order valence-electron chi connectivity index (χ2n) is 3.63. The molecule has 0 rings (SSSR count). The minimum Gasteiger partial charge on any atom is -0.854 e. The Balaban J connectivity index is 0. The highest BCUT2D eigenvalue weighted by Crippen LogP contribution is 1.80. The van der Waals surface area contributed by atoms with E-state index in [4.69, 9.17) is 0 Å². The molecule has 0 bridgehead atoms. The summed E-state index contributed by atoms with van der Waals surface area (Å²) in [4.78, 5) is 0. The van der Waals surface area contributed by atoms with Gasteiger partial charge in [-0.1, -0.05) is 46.5 Å². The molecule has 0 saturated carbocycles. The summed E-state index contributed by atoms with van der Waals surface area (Å²) in [5, 5.41) is 12.0. The molecule has 0 radical (unpaired) electrons. The molecule has 0 unspecified atom stereocenters. The number of quaternary nitrogens is 1. The van der Waals surface area contributed by atoms with E-state index >= 15 is 0 Å². The van der Waals surface area contributed by atoms with Crippen molar-refractivity contribution in [3.8, 4) is 0 Å². The molecule has 0 aromatic rings. The van der Waals surface area contributed by atoms with Crippen molar-refractivity contribution < 1.29 is 10.4 Å². The Morgan fingerprint density at radius 1 is 0.786 bits per heavy atom. The Hall–Kier alpha value is -0.0800. The topological polar surface area (TPSA) is 39.7 Å². The molecule has 2 N–H and O–H groups in total. The summed E-state index contributed by atoms with van der Waals surface area (Å²) in [6, 6.07) is 0. The molecule has 0 aliphatic rings. The van der Waals surface area contributed by atoms with Crippen LogP contribution in [0.4, 0.5) is 0 Å². The van der Waals surface area contributed by atoms with Crippen molar-refractivity contribution in [2.75, 3.05) is 19.7 Å². The van der Waals surface area contributed by atoms with Gasteiger partial charge in [-0.3, -0.25) is 0 Å². The first-order valence-corrected chi connectivity index (χ1v) is 6.23. The molecule has 14 heavy (non-hydrogen) atoms. The van der Waals surface area contributed by atoms with Crippen LogP contribution in [0, 0.1) is 0 Å². The van der Waals surface area contributed by atoms with Crippen molar-refractivity contribution in [3.05, 3.63) is 0 Å². The molecular weight excluding hydrogens is 174 g/mol. The average molecular weight is 203 g/mol. The molecule has 88 valence electrons. The largest absolute Gasteiger partial charge is 0.854 e. The Kier molecular flexibility index (Phi) is 21.8. The molecule has 0 spiro atoms. The molecule has 0 atom stereocenters. The minimum absolute atomic E-state index is 0.0938. The Morgan fingerprint density at radius 3 is 1.43 bits per heavy atom. The highest BCUT2D eigenvalue weighted by Gasteiger charge is 1.86. The van der Waals surface area contributed by atoms with Crippen LogP contribution in [0.15, 0.2) is 0 Å². The molecule has 0 aromatic carbocycles. The maximum absolute atomic E-state index is 9.53. The van der Waals surface area contributed by atoms with Crippen LogP contribution in [0.1, 0.15) is 59.3 Å². The molecule has 0 amide bonds. The van der Waals surface area contributed by atoms with Crippen LogP contribution < -0.4 is 10.4 Å². The lowest BCUT2D eigenvalue weighted by Crippen LogP contribution is -2.84. The maximum Gasteiger partial charge on any atom is 0.0755 e. The molecule has 0 saturated heterocycles. The van der Waals surface area contributed by atoms with Gasteiger partial charge in [-0.15, -0.1) is 6.61 Å². The zero-order valence-corrected chi connectivity index (χ0v) is 10.3. The van der Waals surface area contributed by atoms with Gasteiger partial charge in [0.15, 0.2) is 0 Å². The van der Waals surface area contributed by atoms with E-state index in [-0.39, 0.29) is 6.61 Å². The van der Waals surface area contributed by atoms with E-state index in [9.17, 15) is 5.11 Å². The third kappa shape index (κ3) is 22.7. The van der Waals surface area contributed by atoms with Gasteiger partial charge in [-0.2, -0.15) is 0 Å². The van der Waals surface area contributed by atoms with Gasteiger partial charge in [0.25, 0.3) is 0 Å². The monoisotopic (exact) mass is 203 g/mol. The summed E-state index contributed by atoms with van der Waals surface area (Å²) in [5.41, 5.74) is 0. The second-order valence-corrected chi connectivity index (χ2v) is 3.63. The molecule has 0 aromatic heterocycles. The fourth-order valence-electron chi connectivity index (χ4n) is 0.986. The third-order valence-corrected chi connectivity index (χ3v) is 2.02. The zero-order valence-electron chi connectivity index (χ0n) is 10.3. The van der Waals surface area contributed by atoms with Crippen molar-refractivity contribution in [3.63, 3.8) is 0 Å². The maximum atomic E-state index is 9.53. The molecule has 0 aliphatic carbocycles. The predicted molar refractivity (Wildman–Crippen MR) is 61.3 cm³/mol. The van der Waals surface area contributed by atoms with Crippen LogP contribution in [0.5, 0.6) is 0 Å². The van der Waals surface area contributed by atoms with Crippen LogP contribution in [0.3, 0.4) is 0 Å². The number of rotatable bonds is 8. The summed E-state index contributed by atoms with van der Waals surface area (Å²) >= 11 is 0. The summed E-state index contributed by atoms with van der Waals surface area (Å²) in [6.45, 7) is 9.25. The van der Waals surface area contributed by atoms with Gasteiger partial charge in [0.05, 0.1) is 13.1 Å². The lowest BCUT2D eigenvalue weighted by atomic mass is 10.3. The average Bonchev–Trinajstić information content (AvgIpc) is 2.20. The Labute approximate surface area is 90.1 Å². The fraction of sp³-hybridized carbons (Fsp3) is 1.00. The van der Waals surface area contributed by atoms with Crippen molar-refractivity contribution in [1.29, 1.82) is 0 Å². The van der Waals surface area contributed by atoms with Gasteiger partial charge in [-0.25, -0.2) is 0 Å². The first-order chi connectivity index (χ1) is 6.83. The van der Waals surface area contributed by atoms with Crippen molar-refractivity contribution in [1.82, 2.24) is 0 Å². The Morgan fingerprint density at radius 2 is 1.21 bits per heavy atom. The first-order valence-electron chi connectivity index (χ1n) is 6.23. The van der Waals surface area contributed by atoms with Gasteiger partial charge in [0.1, 0.15) is 0 Å². The third-order valence-electron chi connectivity index (χ3n) is 2.02. The number of unbranched alkanes of at least 4 members (excludes halogenated alkanes) is 3. The molecular formula is C12H29NO. The number of hydrogen-bond acceptors (Lipinski definition) is 1. The van der Waals surface area contributed by atoms with Crippen LogP contribution in [-0.4, -0.2) is 19.7 Å². The minimum atomic E-state index is 0.0938. The van der Waals surface area contributed by atoms with E-state index in [0.29, 0.717) is 0 Å². The lowest BCUT2D eigenvalue weighted by Gasteiger charge is -1.96. The van der Waals surface area contributed by atoms with Crippen molar-refractivity contribution in [2.24, 2.45) is 0 Å². The molecule has 0 fully saturated rings. The van der Waals surface area contributed by atoms with Crippen LogP contribution >= 0.6 is 0 Å². The highest BCUT2D eigenvalue weighted by atomic mass is 16.2. The van der Waals surface area contributed by atoms with Gasteiger partial charge < -0.3 is 10.4 Å². The van der Waals surface area contributed by atoms with Crippen LogP contribution in [-0.2, 0) is 0 Å². The summed E-state index contributed by atoms with van der Waals surface area (Å²) < 4.78 is 0. The zero-order chi connectivity index (χ0) is 11.1.